The lowest BCUT2D eigenvalue weighted by atomic mass is 9.99. The number of aromatic nitrogens is 2. The predicted octanol–water partition coefficient (Wildman–Crippen LogP) is 5.55. The summed E-state index contributed by atoms with van der Waals surface area (Å²) in [6.45, 7) is 13.8. The summed E-state index contributed by atoms with van der Waals surface area (Å²) in [6, 6.07) is 8.97. The fourth-order valence-electron chi connectivity index (χ4n) is 5.67. The second-order valence-electron chi connectivity index (χ2n) is 12.7. The number of carbonyl (C=O) groups is 1. The van der Waals surface area contributed by atoms with E-state index in [1.807, 2.05) is 52.1 Å². The first kappa shape index (κ1) is 29.4. The Morgan fingerprint density at radius 3 is 2.39 bits per heavy atom. The van der Waals surface area contributed by atoms with E-state index in [0.717, 1.165) is 29.4 Å². The predicted molar refractivity (Wildman–Crippen MR) is 159 cm³/mol. The van der Waals surface area contributed by atoms with E-state index >= 15 is 0 Å². The minimum Gasteiger partial charge on any atom is -0.479 e. The highest BCUT2D eigenvalue weighted by molar-refractivity contribution is 7.90. The molecule has 5 rings (SSSR count). The Labute approximate surface area is 243 Å². The molecular weight excluding hydrogens is 540 g/mol. The molecular formula is C31H42N4O5S. The van der Waals surface area contributed by atoms with Crippen molar-refractivity contribution < 1.29 is 22.7 Å². The van der Waals surface area contributed by atoms with Crippen LogP contribution in [0.4, 0.5) is 4.79 Å². The van der Waals surface area contributed by atoms with Crippen molar-refractivity contribution >= 4 is 27.0 Å². The monoisotopic (exact) mass is 582 g/mol. The van der Waals surface area contributed by atoms with Crippen LogP contribution in [-0.2, 0) is 21.3 Å². The van der Waals surface area contributed by atoms with Crippen LogP contribution in [0.1, 0.15) is 70.2 Å². The van der Waals surface area contributed by atoms with Crippen LogP contribution in [0, 0.1) is 12.8 Å². The topological polar surface area (TPSA) is 94.0 Å². The summed E-state index contributed by atoms with van der Waals surface area (Å²) in [5.41, 5.74) is 2.62. The molecule has 1 saturated heterocycles. The number of nitrogens with zero attached hydrogens (tertiary/aromatic N) is 4. The number of hydrogen-bond donors (Lipinski definition) is 0. The van der Waals surface area contributed by atoms with E-state index in [2.05, 4.69) is 23.7 Å². The van der Waals surface area contributed by atoms with Crippen LogP contribution in [0.5, 0.6) is 5.88 Å². The van der Waals surface area contributed by atoms with Gasteiger partial charge in [0.25, 0.3) is 10.0 Å². The summed E-state index contributed by atoms with van der Waals surface area (Å²) < 4.78 is 41.4. The van der Waals surface area contributed by atoms with E-state index in [1.165, 1.54) is 11.1 Å². The van der Waals surface area contributed by atoms with Gasteiger partial charge in [0.05, 0.1) is 12.0 Å². The van der Waals surface area contributed by atoms with Gasteiger partial charge in [0.2, 0.25) is 5.88 Å². The van der Waals surface area contributed by atoms with E-state index in [4.69, 9.17) is 9.47 Å². The Morgan fingerprint density at radius 2 is 1.80 bits per heavy atom. The van der Waals surface area contributed by atoms with Crippen LogP contribution in [0.15, 0.2) is 41.4 Å². The van der Waals surface area contributed by atoms with Crippen LogP contribution in [0.3, 0.4) is 0 Å². The maximum Gasteiger partial charge on any atom is 0.410 e. The van der Waals surface area contributed by atoms with Crippen molar-refractivity contribution in [2.24, 2.45) is 5.92 Å². The molecule has 1 aliphatic carbocycles. The molecule has 10 heteroatoms. The van der Waals surface area contributed by atoms with Gasteiger partial charge in [-0.15, -0.1) is 0 Å². The molecule has 2 aliphatic rings. The third-order valence-electron chi connectivity index (χ3n) is 7.95. The molecule has 1 atom stereocenters. The van der Waals surface area contributed by atoms with Crippen LogP contribution >= 0.6 is 0 Å². The van der Waals surface area contributed by atoms with Gasteiger partial charge >= 0.3 is 6.09 Å². The number of rotatable bonds is 7. The number of methoxy groups -OCH3 is 1. The Balaban J connectivity index is 1.59. The number of pyridine rings is 1. The molecule has 1 aromatic carbocycles. The maximum atomic E-state index is 14.3. The molecule has 0 radical (unpaired) electrons. The normalized spacial score (nSPS) is 18.7. The van der Waals surface area contributed by atoms with Gasteiger partial charge in [-0.25, -0.2) is 22.2 Å². The van der Waals surface area contributed by atoms with Crippen molar-refractivity contribution in [1.29, 1.82) is 0 Å². The van der Waals surface area contributed by atoms with Crippen molar-refractivity contribution in [1.82, 2.24) is 18.8 Å². The molecule has 0 bridgehead atoms. The molecule has 2 aromatic heterocycles. The number of piperazine rings is 1. The molecule has 41 heavy (non-hydrogen) atoms. The second kappa shape index (κ2) is 10.9. The summed E-state index contributed by atoms with van der Waals surface area (Å²) in [7, 11) is -2.45. The molecule has 1 saturated carbocycles. The van der Waals surface area contributed by atoms with Crippen LogP contribution < -0.4 is 4.74 Å². The summed E-state index contributed by atoms with van der Waals surface area (Å²) in [5.74, 6) is 0.897. The number of amides is 1. The largest absolute Gasteiger partial charge is 0.479 e. The molecule has 222 valence electrons. The van der Waals surface area contributed by atoms with Crippen LogP contribution in [0.2, 0.25) is 0 Å². The van der Waals surface area contributed by atoms with Gasteiger partial charge in [-0.3, -0.25) is 4.90 Å². The summed E-state index contributed by atoms with van der Waals surface area (Å²) in [4.78, 5) is 21.7. The highest BCUT2D eigenvalue weighted by Crippen LogP contribution is 2.45. The van der Waals surface area contributed by atoms with Crippen molar-refractivity contribution in [3.8, 4) is 5.88 Å². The summed E-state index contributed by atoms with van der Waals surface area (Å²) in [6.07, 6.45) is 3.65. The molecule has 1 aliphatic heterocycles. The molecule has 1 amide bonds. The smallest absolute Gasteiger partial charge is 0.410 e. The number of hydrogen-bond acceptors (Lipinski definition) is 7. The number of aryl methyl sites for hydroxylation is 1. The van der Waals surface area contributed by atoms with Gasteiger partial charge in [0.15, 0.2) is 0 Å². The van der Waals surface area contributed by atoms with Crippen LogP contribution in [0.25, 0.3) is 10.9 Å². The first-order valence-electron chi connectivity index (χ1n) is 14.4. The first-order chi connectivity index (χ1) is 19.3. The third-order valence-corrected chi connectivity index (χ3v) is 9.72. The van der Waals surface area contributed by atoms with E-state index in [1.54, 1.807) is 17.0 Å². The number of benzene rings is 1. The Morgan fingerprint density at radius 1 is 1.12 bits per heavy atom. The number of fused-ring (bicyclic) bond motifs is 1. The van der Waals surface area contributed by atoms with Gasteiger partial charge in [-0.2, -0.15) is 0 Å². The molecule has 0 unspecified atom stereocenters. The fourth-order valence-corrected chi connectivity index (χ4v) is 7.20. The number of carbonyl (C=O) groups excluding carboxylic acids is 1. The average molecular weight is 583 g/mol. The third kappa shape index (κ3) is 5.95. The van der Waals surface area contributed by atoms with Gasteiger partial charge < -0.3 is 14.4 Å². The van der Waals surface area contributed by atoms with E-state index in [0.29, 0.717) is 49.2 Å². The molecule has 3 aromatic rings. The lowest BCUT2D eigenvalue weighted by Crippen LogP contribution is -2.57. The van der Waals surface area contributed by atoms with Crippen LogP contribution in [-0.4, -0.2) is 71.7 Å². The SMILES string of the molecule is COc1ncc(C2CC2)c2cc(CN3CCN(C(=O)OC(C)(C)C)C[C@H]3C(C)C)n(S(=O)(=O)c3ccc(C)cc3)c12. The van der Waals surface area contributed by atoms with Gasteiger partial charge in [0.1, 0.15) is 11.1 Å². The Hall–Kier alpha value is -3.11. The molecule has 0 spiro atoms. The minimum atomic E-state index is -3.97. The van der Waals surface area contributed by atoms with Crippen molar-refractivity contribution in [2.75, 3.05) is 26.7 Å². The zero-order chi connectivity index (χ0) is 29.7. The van der Waals surface area contributed by atoms with Gasteiger partial charge in [-0.05, 0) is 76.1 Å². The van der Waals surface area contributed by atoms with E-state index < -0.39 is 15.6 Å². The van der Waals surface area contributed by atoms with Crippen molar-refractivity contribution in [2.45, 2.75) is 83.4 Å². The minimum absolute atomic E-state index is 0.0210. The molecule has 3 heterocycles. The summed E-state index contributed by atoms with van der Waals surface area (Å²) in [5, 5.41) is 0.874. The zero-order valence-electron chi connectivity index (χ0n) is 25.2. The van der Waals surface area contributed by atoms with E-state index in [-0.39, 0.29) is 22.9 Å². The van der Waals surface area contributed by atoms with Crippen molar-refractivity contribution in [3.63, 3.8) is 0 Å². The highest BCUT2D eigenvalue weighted by Gasteiger charge is 2.36. The summed E-state index contributed by atoms with van der Waals surface area (Å²) >= 11 is 0. The second-order valence-corrected chi connectivity index (χ2v) is 14.5. The van der Waals surface area contributed by atoms with Gasteiger partial charge in [-0.1, -0.05) is 31.5 Å². The zero-order valence-corrected chi connectivity index (χ0v) is 26.0. The average Bonchev–Trinajstić information content (AvgIpc) is 3.67. The molecule has 9 nitrogen and oxygen atoms in total. The Bertz CT molecular complexity index is 1540. The fraction of sp³-hybridized carbons (Fsp3) is 0.548. The molecule has 0 N–H and O–H groups in total. The van der Waals surface area contributed by atoms with Gasteiger partial charge in [0, 0.05) is 49.5 Å². The lowest BCUT2D eigenvalue weighted by molar-refractivity contribution is -0.00452. The standard InChI is InChI=1S/C31H42N4O5S/c1-20(2)27-19-34(30(36)40-31(4,5)6)15-14-33(27)18-23-16-25-26(22-10-11-22)17-32-29(39-7)28(25)35(23)41(37,38)24-12-8-21(3)9-13-24/h8-9,12-13,16-17,20,22,27H,10-11,14-15,18-19H2,1-7H3/t27-/m0/s1. The lowest BCUT2D eigenvalue weighted by Gasteiger charge is -2.43. The Kier molecular flexibility index (Phi) is 7.84. The molecule has 2 fully saturated rings. The van der Waals surface area contributed by atoms with E-state index in [9.17, 15) is 13.2 Å². The first-order valence-corrected chi connectivity index (χ1v) is 15.9. The number of ether oxygens (including phenoxy) is 2. The highest BCUT2D eigenvalue weighted by atomic mass is 32.2. The van der Waals surface area contributed by atoms with Crippen molar-refractivity contribution in [3.05, 3.63) is 53.3 Å². The quantitative estimate of drug-likeness (QED) is 0.361. The maximum absolute atomic E-state index is 14.3.